The van der Waals surface area contributed by atoms with Crippen molar-refractivity contribution in [3.05, 3.63) is 59.7 Å². The molecule has 0 radical (unpaired) electrons. The highest BCUT2D eigenvalue weighted by atomic mass is 16.5. The Morgan fingerprint density at radius 2 is 1.81 bits per heavy atom. The van der Waals surface area contributed by atoms with Crippen LogP contribution in [0.5, 0.6) is 5.75 Å². The van der Waals surface area contributed by atoms with Crippen molar-refractivity contribution < 1.29 is 9.53 Å². The van der Waals surface area contributed by atoms with Crippen LogP contribution in [-0.2, 0) is 6.54 Å². The predicted octanol–water partition coefficient (Wildman–Crippen LogP) is 3.74. The van der Waals surface area contributed by atoms with E-state index in [1.54, 1.807) is 0 Å². The minimum absolute atomic E-state index is 0.0610. The summed E-state index contributed by atoms with van der Waals surface area (Å²) in [5, 5.41) is 3.00. The highest BCUT2D eigenvalue weighted by Crippen LogP contribution is 2.26. The molecule has 0 bridgehead atoms. The maximum absolute atomic E-state index is 12.6. The molecule has 0 aliphatic carbocycles. The number of amides is 2. The molecule has 138 valence electrons. The van der Waals surface area contributed by atoms with Crippen LogP contribution in [0.15, 0.2) is 48.5 Å². The maximum atomic E-state index is 12.6. The fourth-order valence-electron chi connectivity index (χ4n) is 3.15. The molecule has 2 aromatic rings. The number of hydrogen-bond donors (Lipinski definition) is 1. The molecule has 3 rings (SSSR count). The summed E-state index contributed by atoms with van der Waals surface area (Å²) in [5.74, 6) is 0.726. The van der Waals surface area contributed by atoms with Crippen LogP contribution in [-0.4, -0.2) is 48.6 Å². The van der Waals surface area contributed by atoms with Crippen LogP contribution >= 0.6 is 0 Å². The Labute approximate surface area is 155 Å². The number of nitrogens with zero attached hydrogens (tertiary/aromatic N) is 2. The van der Waals surface area contributed by atoms with E-state index in [0.717, 1.165) is 49.7 Å². The van der Waals surface area contributed by atoms with Gasteiger partial charge in [-0.05, 0) is 37.1 Å². The molecule has 0 atom stereocenters. The van der Waals surface area contributed by atoms with Crippen LogP contribution in [0.4, 0.5) is 10.5 Å². The molecule has 0 unspecified atom stereocenters. The van der Waals surface area contributed by atoms with Gasteiger partial charge in [0.2, 0.25) is 0 Å². The molecule has 1 saturated heterocycles. The Kier molecular flexibility index (Phi) is 6.12. The molecule has 2 aromatic carbocycles. The Balaban J connectivity index is 1.54. The first-order valence-electron chi connectivity index (χ1n) is 9.21. The number of anilines is 1. The smallest absolute Gasteiger partial charge is 0.322 e. The Bertz CT molecular complexity index is 725. The quantitative estimate of drug-likeness (QED) is 0.890. The van der Waals surface area contributed by atoms with E-state index in [1.165, 1.54) is 5.56 Å². The lowest BCUT2D eigenvalue weighted by atomic mass is 10.2. The van der Waals surface area contributed by atoms with Crippen molar-refractivity contribution in [1.29, 1.82) is 0 Å². The number of ether oxygens (including phenoxy) is 1. The summed E-state index contributed by atoms with van der Waals surface area (Å²) in [6.07, 6.45) is 0. The van der Waals surface area contributed by atoms with Crippen LogP contribution in [0.1, 0.15) is 18.1 Å². The number of nitrogens with one attached hydrogen (secondary N) is 1. The summed E-state index contributed by atoms with van der Waals surface area (Å²) < 4.78 is 5.65. The summed E-state index contributed by atoms with van der Waals surface area (Å²) >= 11 is 0. The van der Waals surface area contributed by atoms with E-state index in [1.807, 2.05) is 43.0 Å². The van der Waals surface area contributed by atoms with E-state index in [2.05, 4.69) is 34.5 Å². The Morgan fingerprint density at radius 3 is 2.50 bits per heavy atom. The highest BCUT2D eigenvalue weighted by molar-refractivity contribution is 5.91. The molecule has 1 N–H and O–H groups in total. The minimum Gasteiger partial charge on any atom is -0.492 e. The van der Waals surface area contributed by atoms with Crippen molar-refractivity contribution in [2.45, 2.75) is 20.4 Å². The van der Waals surface area contributed by atoms with Gasteiger partial charge < -0.3 is 15.0 Å². The Morgan fingerprint density at radius 1 is 1.08 bits per heavy atom. The molecule has 1 aliphatic rings. The highest BCUT2D eigenvalue weighted by Gasteiger charge is 2.22. The van der Waals surface area contributed by atoms with Gasteiger partial charge in [-0.15, -0.1) is 0 Å². The molecule has 5 heteroatoms. The van der Waals surface area contributed by atoms with Gasteiger partial charge in [-0.3, -0.25) is 4.90 Å². The van der Waals surface area contributed by atoms with E-state index >= 15 is 0 Å². The van der Waals surface area contributed by atoms with Gasteiger partial charge >= 0.3 is 6.03 Å². The van der Waals surface area contributed by atoms with Crippen LogP contribution < -0.4 is 10.1 Å². The molecule has 1 aliphatic heterocycles. The molecule has 0 aromatic heterocycles. The number of carbonyl (C=O) groups excluding carboxylic acids is 1. The molecule has 5 nitrogen and oxygen atoms in total. The normalized spacial score (nSPS) is 14.9. The van der Waals surface area contributed by atoms with Crippen LogP contribution in [0.3, 0.4) is 0 Å². The van der Waals surface area contributed by atoms with Gasteiger partial charge in [-0.2, -0.15) is 0 Å². The molecule has 0 saturated carbocycles. The third-order valence-corrected chi connectivity index (χ3v) is 4.59. The largest absolute Gasteiger partial charge is 0.492 e. The zero-order valence-corrected chi connectivity index (χ0v) is 15.6. The van der Waals surface area contributed by atoms with Gasteiger partial charge in [0.05, 0.1) is 12.3 Å². The lowest BCUT2D eigenvalue weighted by Crippen LogP contribution is -2.49. The van der Waals surface area contributed by atoms with Crippen molar-refractivity contribution in [1.82, 2.24) is 9.80 Å². The molecule has 1 fully saturated rings. The van der Waals surface area contributed by atoms with Gasteiger partial charge in [0.15, 0.2) is 0 Å². The predicted molar refractivity (Wildman–Crippen MR) is 105 cm³/mol. The van der Waals surface area contributed by atoms with Crippen molar-refractivity contribution in [3.63, 3.8) is 0 Å². The van der Waals surface area contributed by atoms with Crippen molar-refractivity contribution in [2.75, 3.05) is 38.1 Å². The van der Waals surface area contributed by atoms with Gasteiger partial charge in [-0.1, -0.05) is 36.4 Å². The van der Waals surface area contributed by atoms with E-state index in [9.17, 15) is 4.79 Å². The minimum atomic E-state index is -0.0610. The van der Waals surface area contributed by atoms with Crippen LogP contribution in [0.25, 0.3) is 0 Å². The molecular formula is C21H27N3O2. The second-order valence-corrected chi connectivity index (χ2v) is 6.61. The fourth-order valence-corrected chi connectivity index (χ4v) is 3.15. The van der Waals surface area contributed by atoms with E-state index in [0.29, 0.717) is 6.61 Å². The van der Waals surface area contributed by atoms with Crippen LogP contribution in [0.2, 0.25) is 0 Å². The molecule has 26 heavy (non-hydrogen) atoms. The SMILES string of the molecule is CCOc1cc(C)ccc1NC(=O)N1CCN(Cc2ccccc2)CC1. The first-order valence-corrected chi connectivity index (χ1v) is 9.21. The van der Waals surface area contributed by atoms with E-state index in [4.69, 9.17) is 4.74 Å². The first-order chi connectivity index (χ1) is 12.7. The first kappa shape index (κ1) is 18.3. The van der Waals surface area contributed by atoms with Gasteiger partial charge in [0.25, 0.3) is 0 Å². The topological polar surface area (TPSA) is 44.8 Å². The standard InChI is InChI=1S/C21H27N3O2/c1-3-26-20-15-17(2)9-10-19(20)22-21(25)24-13-11-23(12-14-24)16-18-7-5-4-6-8-18/h4-10,15H,3,11-14,16H2,1-2H3,(H,22,25). The third kappa shape index (κ3) is 4.76. The van der Waals surface area contributed by atoms with Crippen molar-refractivity contribution in [2.24, 2.45) is 0 Å². The third-order valence-electron chi connectivity index (χ3n) is 4.59. The summed E-state index contributed by atoms with van der Waals surface area (Å²) in [4.78, 5) is 16.9. The second-order valence-electron chi connectivity index (χ2n) is 6.61. The zero-order chi connectivity index (χ0) is 18.4. The molecule has 2 amide bonds. The number of benzene rings is 2. The summed E-state index contributed by atoms with van der Waals surface area (Å²) in [5.41, 5.74) is 3.15. The molecule has 0 spiro atoms. The average molecular weight is 353 g/mol. The van der Waals surface area contributed by atoms with Crippen LogP contribution in [0, 0.1) is 6.92 Å². The summed E-state index contributed by atoms with van der Waals surface area (Å²) in [6, 6.07) is 16.2. The fraction of sp³-hybridized carbons (Fsp3) is 0.381. The van der Waals surface area contributed by atoms with E-state index < -0.39 is 0 Å². The Hall–Kier alpha value is -2.53. The number of aryl methyl sites for hydroxylation is 1. The summed E-state index contributed by atoms with van der Waals surface area (Å²) in [7, 11) is 0. The monoisotopic (exact) mass is 353 g/mol. The number of hydrogen-bond acceptors (Lipinski definition) is 3. The van der Waals surface area contributed by atoms with Crippen molar-refractivity contribution >= 4 is 11.7 Å². The number of piperazine rings is 1. The molecular weight excluding hydrogens is 326 g/mol. The van der Waals surface area contributed by atoms with Crippen molar-refractivity contribution in [3.8, 4) is 5.75 Å². The number of carbonyl (C=O) groups is 1. The zero-order valence-electron chi connectivity index (χ0n) is 15.6. The second kappa shape index (κ2) is 8.72. The van der Waals surface area contributed by atoms with Gasteiger partial charge in [0, 0.05) is 32.7 Å². The maximum Gasteiger partial charge on any atom is 0.322 e. The lowest BCUT2D eigenvalue weighted by Gasteiger charge is -2.34. The molecule has 1 heterocycles. The number of urea groups is 1. The summed E-state index contributed by atoms with van der Waals surface area (Å²) in [6.45, 7) is 8.69. The number of rotatable bonds is 5. The lowest BCUT2D eigenvalue weighted by molar-refractivity contribution is 0.143. The van der Waals surface area contributed by atoms with E-state index in [-0.39, 0.29) is 6.03 Å². The average Bonchev–Trinajstić information content (AvgIpc) is 2.65. The van der Waals surface area contributed by atoms with Gasteiger partial charge in [-0.25, -0.2) is 4.79 Å². The van der Waals surface area contributed by atoms with Gasteiger partial charge in [0.1, 0.15) is 5.75 Å².